The van der Waals surface area contributed by atoms with Crippen LogP contribution in [-0.2, 0) is 17.9 Å². The van der Waals surface area contributed by atoms with Gasteiger partial charge in [-0.1, -0.05) is 31.5 Å². The molecule has 4 aromatic rings. The normalized spacial score (nSPS) is 17.9. The molecule has 0 fully saturated rings. The average Bonchev–Trinajstić information content (AvgIpc) is 3.57. The van der Waals surface area contributed by atoms with Gasteiger partial charge >= 0.3 is 0 Å². The highest BCUT2D eigenvalue weighted by atomic mass is 32.1. The summed E-state index contributed by atoms with van der Waals surface area (Å²) < 4.78 is 4.07. The molecule has 0 radical (unpaired) electrons. The van der Waals surface area contributed by atoms with E-state index in [4.69, 9.17) is 0 Å². The lowest BCUT2D eigenvalue weighted by Crippen LogP contribution is -2.63. The van der Waals surface area contributed by atoms with Gasteiger partial charge in [-0.15, -0.1) is 11.3 Å². The zero-order chi connectivity index (χ0) is 24.7. The summed E-state index contributed by atoms with van der Waals surface area (Å²) in [6, 6.07) is 14.2. The van der Waals surface area contributed by atoms with Crippen molar-refractivity contribution in [2.24, 2.45) is 5.92 Å². The first-order valence-corrected chi connectivity index (χ1v) is 13.1. The number of fused-ring (bicyclic) bond motifs is 3. The van der Waals surface area contributed by atoms with Crippen molar-refractivity contribution in [1.82, 2.24) is 19.4 Å². The molecule has 4 heterocycles. The van der Waals surface area contributed by atoms with Crippen LogP contribution < -0.4 is 5.32 Å². The molecule has 7 heteroatoms. The molecule has 1 unspecified atom stereocenters. The first-order valence-electron chi connectivity index (χ1n) is 12.2. The van der Waals surface area contributed by atoms with Gasteiger partial charge in [0.05, 0.1) is 24.3 Å². The molecule has 5 rings (SSSR count). The van der Waals surface area contributed by atoms with E-state index in [1.165, 1.54) is 0 Å². The van der Waals surface area contributed by atoms with Crippen LogP contribution in [0.3, 0.4) is 0 Å². The van der Waals surface area contributed by atoms with Gasteiger partial charge in [0.1, 0.15) is 11.2 Å². The Balaban J connectivity index is 1.67. The molecular formula is C28H32N4O2S. The minimum absolute atomic E-state index is 0.106. The van der Waals surface area contributed by atoms with Crippen LogP contribution in [0, 0.1) is 12.8 Å². The summed E-state index contributed by atoms with van der Waals surface area (Å²) in [4.78, 5) is 30.9. The van der Waals surface area contributed by atoms with Crippen molar-refractivity contribution in [2.75, 3.05) is 6.54 Å². The van der Waals surface area contributed by atoms with Gasteiger partial charge in [0.25, 0.3) is 5.91 Å². The second kappa shape index (κ2) is 9.04. The van der Waals surface area contributed by atoms with E-state index in [9.17, 15) is 9.59 Å². The SMILES string of the molecule is Cc1ccc2c(c1)c(-n1cccc1)c1n2CC(C)(C(=O)NCCC(C)C)N(Cc2cccs2)C1=O. The average molecular weight is 489 g/mol. The Morgan fingerprint density at radius 1 is 1.17 bits per heavy atom. The van der Waals surface area contributed by atoms with E-state index in [0.29, 0.717) is 31.2 Å². The number of hydrogen-bond donors (Lipinski definition) is 1. The van der Waals surface area contributed by atoms with E-state index >= 15 is 0 Å². The molecule has 1 aliphatic rings. The number of rotatable bonds is 7. The molecule has 0 saturated heterocycles. The zero-order valence-corrected chi connectivity index (χ0v) is 21.6. The molecular weight excluding hydrogens is 456 g/mol. The van der Waals surface area contributed by atoms with E-state index < -0.39 is 5.54 Å². The maximum atomic E-state index is 14.3. The van der Waals surface area contributed by atoms with Crippen LogP contribution in [0.1, 0.15) is 48.1 Å². The molecule has 0 bridgehead atoms. The first kappa shape index (κ1) is 23.4. The van der Waals surface area contributed by atoms with E-state index in [0.717, 1.165) is 33.5 Å². The maximum absolute atomic E-state index is 14.3. The fourth-order valence-corrected chi connectivity index (χ4v) is 5.68. The molecule has 182 valence electrons. The molecule has 6 nitrogen and oxygen atoms in total. The third-order valence-electron chi connectivity index (χ3n) is 6.95. The molecule has 3 aromatic heterocycles. The Morgan fingerprint density at radius 2 is 1.94 bits per heavy atom. The van der Waals surface area contributed by atoms with Gasteiger partial charge in [-0.2, -0.15) is 0 Å². The van der Waals surface area contributed by atoms with Crippen molar-refractivity contribution in [2.45, 2.75) is 52.7 Å². The summed E-state index contributed by atoms with van der Waals surface area (Å²) >= 11 is 1.61. The number of aromatic nitrogens is 2. The number of aryl methyl sites for hydroxylation is 1. The van der Waals surface area contributed by atoms with E-state index in [2.05, 4.69) is 48.9 Å². The molecule has 0 saturated carbocycles. The van der Waals surface area contributed by atoms with Crippen LogP contribution in [0.15, 0.2) is 60.2 Å². The largest absolute Gasteiger partial charge is 0.354 e. The lowest BCUT2D eigenvalue weighted by molar-refractivity contribution is -0.133. The van der Waals surface area contributed by atoms with Crippen LogP contribution >= 0.6 is 11.3 Å². The molecule has 1 aromatic carbocycles. The summed E-state index contributed by atoms with van der Waals surface area (Å²) in [5.41, 5.74) is 2.59. The molecule has 0 spiro atoms. The number of nitrogens with zero attached hydrogens (tertiary/aromatic N) is 3. The molecule has 1 aliphatic heterocycles. The lowest BCUT2D eigenvalue weighted by atomic mass is 9.94. The number of nitrogens with one attached hydrogen (secondary N) is 1. The Morgan fingerprint density at radius 3 is 2.63 bits per heavy atom. The predicted octanol–water partition coefficient (Wildman–Crippen LogP) is 5.38. The standard InChI is InChI=1S/C28H32N4O2S/c1-19(2)11-12-29-27(34)28(4)18-31-23-10-9-20(3)16-22(23)24(30-13-5-6-14-30)25(31)26(33)32(28)17-21-8-7-15-35-21/h5-10,13-16,19H,11-12,17-18H2,1-4H3,(H,29,34). The fourth-order valence-electron chi connectivity index (χ4n) is 4.99. The molecule has 35 heavy (non-hydrogen) atoms. The van der Waals surface area contributed by atoms with Gasteiger partial charge in [-0.3, -0.25) is 9.59 Å². The van der Waals surface area contributed by atoms with E-state index in [1.807, 2.05) is 53.5 Å². The molecule has 1 N–H and O–H groups in total. The third kappa shape index (κ3) is 4.08. The molecule has 0 aliphatic carbocycles. The number of carbonyl (C=O) groups excluding carboxylic acids is 2. The summed E-state index contributed by atoms with van der Waals surface area (Å²) in [6.07, 6.45) is 4.85. The fraction of sp³-hybridized carbons (Fsp3) is 0.357. The topological polar surface area (TPSA) is 59.3 Å². The van der Waals surface area contributed by atoms with Crippen molar-refractivity contribution in [3.63, 3.8) is 0 Å². The van der Waals surface area contributed by atoms with Gasteiger partial charge in [-0.05, 0) is 61.9 Å². The van der Waals surface area contributed by atoms with Gasteiger partial charge in [0.2, 0.25) is 5.91 Å². The number of hydrogen-bond acceptors (Lipinski definition) is 3. The second-order valence-corrected chi connectivity index (χ2v) is 11.1. The third-order valence-corrected chi connectivity index (χ3v) is 7.82. The first-order chi connectivity index (χ1) is 16.8. The minimum Gasteiger partial charge on any atom is -0.354 e. The maximum Gasteiger partial charge on any atom is 0.273 e. The van der Waals surface area contributed by atoms with Gasteiger partial charge < -0.3 is 19.4 Å². The second-order valence-electron chi connectivity index (χ2n) is 10.1. The van der Waals surface area contributed by atoms with Crippen molar-refractivity contribution < 1.29 is 9.59 Å². The van der Waals surface area contributed by atoms with Crippen LogP contribution in [-0.4, -0.2) is 37.9 Å². The van der Waals surface area contributed by atoms with Crippen molar-refractivity contribution in [1.29, 1.82) is 0 Å². The van der Waals surface area contributed by atoms with E-state index in [-0.39, 0.29) is 11.8 Å². The monoisotopic (exact) mass is 488 g/mol. The smallest absolute Gasteiger partial charge is 0.273 e. The minimum atomic E-state index is -1.02. The number of carbonyl (C=O) groups is 2. The molecule has 2 amide bonds. The highest BCUT2D eigenvalue weighted by Gasteiger charge is 2.49. The number of amides is 2. The quantitative estimate of drug-likeness (QED) is 0.380. The van der Waals surface area contributed by atoms with Crippen molar-refractivity contribution in [3.05, 3.63) is 76.4 Å². The lowest BCUT2D eigenvalue weighted by Gasteiger charge is -2.44. The highest BCUT2D eigenvalue weighted by Crippen LogP contribution is 2.39. The Labute approximate surface area is 210 Å². The van der Waals surface area contributed by atoms with E-state index in [1.54, 1.807) is 16.2 Å². The molecule has 1 atom stereocenters. The summed E-state index contributed by atoms with van der Waals surface area (Å²) in [6.45, 7) is 9.65. The van der Waals surface area contributed by atoms with Gasteiger partial charge in [0.15, 0.2) is 0 Å². The number of thiophene rings is 1. The van der Waals surface area contributed by atoms with Gasteiger partial charge in [-0.25, -0.2) is 0 Å². The van der Waals surface area contributed by atoms with Gasteiger partial charge in [0, 0.05) is 29.2 Å². The number of benzene rings is 1. The van der Waals surface area contributed by atoms with Crippen molar-refractivity contribution >= 4 is 34.1 Å². The Bertz CT molecular complexity index is 1370. The predicted molar refractivity (Wildman–Crippen MR) is 141 cm³/mol. The summed E-state index contributed by atoms with van der Waals surface area (Å²) in [5, 5.41) is 6.16. The van der Waals surface area contributed by atoms with Crippen LogP contribution in [0.25, 0.3) is 16.6 Å². The summed E-state index contributed by atoms with van der Waals surface area (Å²) in [5.74, 6) is 0.263. The zero-order valence-electron chi connectivity index (χ0n) is 20.7. The van der Waals surface area contributed by atoms with Crippen LogP contribution in [0.4, 0.5) is 0 Å². The Kier molecular flexibility index (Phi) is 6.05. The van der Waals surface area contributed by atoms with Crippen LogP contribution in [0.2, 0.25) is 0 Å². The van der Waals surface area contributed by atoms with Crippen LogP contribution in [0.5, 0.6) is 0 Å². The highest BCUT2D eigenvalue weighted by molar-refractivity contribution is 7.09. The Hall–Kier alpha value is -3.32. The van der Waals surface area contributed by atoms with Crippen molar-refractivity contribution in [3.8, 4) is 5.69 Å². The summed E-state index contributed by atoms with van der Waals surface area (Å²) in [7, 11) is 0.